The third kappa shape index (κ3) is 2.17. The van der Waals surface area contributed by atoms with Gasteiger partial charge in [0.15, 0.2) is 0 Å². The molecule has 5 rings (SSSR count). The average molecular weight is 291 g/mol. The van der Waals surface area contributed by atoms with Crippen LogP contribution in [0.15, 0.2) is 0 Å². The molecule has 5 nitrogen and oxygen atoms in total. The number of piperazine rings is 1. The summed E-state index contributed by atoms with van der Waals surface area (Å²) in [6.45, 7) is 5.32. The SMILES string of the molecule is CCC1C(=O)NC(C2CC2)C(=O)N1C1CN2CCC1CC2. The van der Waals surface area contributed by atoms with Crippen molar-refractivity contribution in [3.63, 3.8) is 0 Å². The number of carbonyl (C=O) groups excluding carboxylic acids is 2. The Morgan fingerprint density at radius 3 is 2.33 bits per heavy atom. The molecule has 5 aliphatic rings. The molecule has 2 amide bonds. The Hall–Kier alpha value is -1.10. The molecule has 5 heteroatoms. The fourth-order valence-electron chi connectivity index (χ4n) is 4.53. The van der Waals surface area contributed by atoms with Gasteiger partial charge in [0.25, 0.3) is 0 Å². The smallest absolute Gasteiger partial charge is 0.246 e. The standard InChI is InChI=1S/C16H25N3O2/c1-2-12-15(20)17-14(11-3-4-11)16(21)19(12)13-9-18-7-5-10(13)6-8-18/h10-14H,2-9H2,1H3,(H,17,20). The summed E-state index contributed by atoms with van der Waals surface area (Å²) in [5.74, 6) is 1.26. The monoisotopic (exact) mass is 291 g/mol. The van der Waals surface area contributed by atoms with Gasteiger partial charge >= 0.3 is 0 Å². The minimum absolute atomic E-state index is 0.0745. The van der Waals surface area contributed by atoms with Crippen LogP contribution in [0.4, 0.5) is 0 Å². The molecule has 0 spiro atoms. The zero-order chi connectivity index (χ0) is 14.6. The number of amides is 2. The van der Waals surface area contributed by atoms with E-state index in [4.69, 9.17) is 0 Å². The molecular weight excluding hydrogens is 266 g/mol. The van der Waals surface area contributed by atoms with Gasteiger partial charge in [-0.15, -0.1) is 0 Å². The number of nitrogens with one attached hydrogen (secondary N) is 1. The second kappa shape index (κ2) is 4.97. The fraction of sp³-hybridized carbons (Fsp3) is 0.875. The van der Waals surface area contributed by atoms with E-state index in [2.05, 4.69) is 10.2 Å². The molecular formula is C16H25N3O2. The summed E-state index contributed by atoms with van der Waals surface area (Å²) >= 11 is 0. The van der Waals surface area contributed by atoms with Crippen molar-refractivity contribution in [3.05, 3.63) is 0 Å². The van der Waals surface area contributed by atoms with Crippen molar-refractivity contribution in [1.29, 1.82) is 0 Å². The third-order valence-electron chi connectivity index (χ3n) is 5.92. The van der Waals surface area contributed by atoms with Crippen LogP contribution in [-0.4, -0.2) is 59.4 Å². The minimum Gasteiger partial charge on any atom is -0.342 e. The summed E-state index contributed by atoms with van der Waals surface area (Å²) in [7, 11) is 0. The Morgan fingerprint density at radius 2 is 1.81 bits per heavy atom. The first-order valence-electron chi connectivity index (χ1n) is 8.54. The number of piperidine rings is 3. The predicted octanol–water partition coefficient (Wildman–Crippen LogP) is 0.596. The Labute approximate surface area is 126 Å². The van der Waals surface area contributed by atoms with Gasteiger partial charge in [0.05, 0.1) is 0 Å². The lowest BCUT2D eigenvalue weighted by molar-refractivity contribution is -0.157. The third-order valence-corrected chi connectivity index (χ3v) is 5.92. The molecule has 1 saturated carbocycles. The molecule has 4 saturated heterocycles. The molecule has 0 radical (unpaired) electrons. The van der Waals surface area contributed by atoms with E-state index in [0.29, 0.717) is 11.8 Å². The van der Waals surface area contributed by atoms with E-state index >= 15 is 0 Å². The van der Waals surface area contributed by atoms with E-state index in [-0.39, 0.29) is 29.9 Å². The van der Waals surface area contributed by atoms with E-state index in [1.54, 1.807) is 0 Å². The molecule has 0 aromatic rings. The Kier molecular flexibility index (Phi) is 3.21. The van der Waals surface area contributed by atoms with Gasteiger partial charge in [-0.3, -0.25) is 9.59 Å². The van der Waals surface area contributed by atoms with Crippen molar-refractivity contribution in [2.75, 3.05) is 19.6 Å². The Bertz CT molecular complexity index is 454. The molecule has 116 valence electrons. The normalized spacial score (nSPS) is 43.1. The van der Waals surface area contributed by atoms with Gasteiger partial charge in [0, 0.05) is 12.6 Å². The first-order valence-corrected chi connectivity index (χ1v) is 8.54. The lowest BCUT2D eigenvalue weighted by atomic mass is 9.81. The fourth-order valence-corrected chi connectivity index (χ4v) is 4.53. The van der Waals surface area contributed by atoms with Crippen LogP contribution >= 0.6 is 0 Å². The zero-order valence-corrected chi connectivity index (χ0v) is 12.8. The average Bonchev–Trinajstić information content (AvgIpc) is 3.34. The summed E-state index contributed by atoms with van der Waals surface area (Å²) in [5, 5.41) is 3.00. The van der Waals surface area contributed by atoms with Crippen LogP contribution in [0.5, 0.6) is 0 Å². The van der Waals surface area contributed by atoms with E-state index < -0.39 is 0 Å². The molecule has 1 N–H and O–H groups in total. The number of rotatable bonds is 3. The van der Waals surface area contributed by atoms with Crippen LogP contribution in [0, 0.1) is 11.8 Å². The second-order valence-electron chi connectivity index (χ2n) is 7.20. The molecule has 0 aromatic carbocycles. The highest BCUT2D eigenvalue weighted by Gasteiger charge is 2.51. The molecule has 5 fully saturated rings. The van der Waals surface area contributed by atoms with Gasteiger partial charge in [-0.05, 0) is 57.0 Å². The number of fused-ring (bicyclic) bond motifs is 3. The molecule has 3 atom stereocenters. The van der Waals surface area contributed by atoms with Crippen molar-refractivity contribution >= 4 is 11.8 Å². The number of hydrogen-bond donors (Lipinski definition) is 1. The molecule has 2 bridgehead atoms. The van der Waals surface area contributed by atoms with Crippen LogP contribution < -0.4 is 5.32 Å². The van der Waals surface area contributed by atoms with E-state index in [0.717, 1.165) is 38.9 Å². The Morgan fingerprint density at radius 1 is 1.10 bits per heavy atom. The number of carbonyl (C=O) groups is 2. The quantitative estimate of drug-likeness (QED) is 0.828. The van der Waals surface area contributed by atoms with Gasteiger partial charge in [-0.2, -0.15) is 0 Å². The van der Waals surface area contributed by atoms with Crippen molar-refractivity contribution in [2.24, 2.45) is 11.8 Å². The molecule has 1 aliphatic carbocycles. The van der Waals surface area contributed by atoms with Crippen molar-refractivity contribution in [1.82, 2.24) is 15.1 Å². The zero-order valence-electron chi connectivity index (χ0n) is 12.8. The largest absolute Gasteiger partial charge is 0.342 e. The van der Waals surface area contributed by atoms with Crippen molar-refractivity contribution < 1.29 is 9.59 Å². The highest BCUT2D eigenvalue weighted by Crippen LogP contribution is 2.38. The number of nitrogens with zero attached hydrogens (tertiary/aromatic N) is 2. The molecule has 0 aromatic heterocycles. The van der Waals surface area contributed by atoms with Crippen molar-refractivity contribution in [2.45, 2.75) is 57.2 Å². The van der Waals surface area contributed by atoms with Gasteiger partial charge in [-0.1, -0.05) is 6.92 Å². The van der Waals surface area contributed by atoms with Gasteiger partial charge in [-0.25, -0.2) is 0 Å². The lowest BCUT2D eigenvalue weighted by Gasteiger charge is -2.52. The van der Waals surface area contributed by atoms with Gasteiger partial charge < -0.3 is 15.1 Å². The summed E-state index contributed by atoms with van der Waals surface area (Å²) in [6.07, 6.45) is 5.25. The highest BCUT2D eigenvalue weighted by atomic mass is 16.2. The summed E-state index contributed by atoms with van der Waals surface area (Å²) < 4.78 is 0. The first-order chi connectivity index (χ1) is 10.2. The van der Waals surface area contributed by atoms with Crippen LogP contribution in [-0.2, 0) is 9.59 Å². The van der Waals surface area contributed by atoms with Gasteiger partial charge in [0.2, 0.25) is 11.8 Å². The molecule has 3 unspecified atom stereocenters. The Balaban J connectivity index is 1.62. The second-order valence-corrected chi connectivity index (χ2v) is 7.20. The van der Waals surface area contributed by atoms with Crippen LogP contribution in [0.25, 0.3) is 0 Å². The topological polar surface area (TPSA) is 52.7 Å². The highest BCUT2D eigenvalue weighted by molar-refractivity contribution is 5.97. The van der Waals surface area contributed by atoms with E-state index in [9.17, 15) is 9.59 Å². The van der Waals surface area contributed by atoms with Crippen molar-refractivity contribution in [3.8, 4) is 0 Å². The van der Waals surface area contributed by atoms with E-state index in [1.807, 2.05) is 11.8 Å². The van der Waals surface area contributed by atoms with Gasteiger partial charge in [0.1, 0.15) is 12.1 Å². The van der Waals surface area contributed by atoms with Crippen LogP contribution in [0.1, 0.15) is 39.0 Å². The molecule has 4 aliphatic heterocycles. The predicted molar refractivity (Wildman–Crippen MR) is 78.5 cm³/mol. The first kappa shape index (κ1) is 13.6. The maximum absolute atomic E-state index is 13.0. The van der Waals surface area contributed by atoms with E-state index in [1.165, 1.54) is 12.8 Å². The van der Waals surface area contributed by atoms with Crippen LogP contribution in [0.2, 0.25) is 0 Å². The van der Waals surface area contributed by atoms with Crippen LogP contribution in [0.3, 0.4) is 0 Å². The summed E-state index contributed by atoms with van der Waals surface area (Å²) in [6, 6.07) is -0.231. The molecule has 21 heavy (non-hydrogen) atoms. The summed E-state index contributed by atoms with van der Waals surface area (Å²) in [5.41, 5.74) is 0. The maximum Gasteiger partial charge on any atom is 0.246 e. The number of hydrogen-bond acceptors (Lipinski definition) is 3. The molecule has 4 heterocycles. The lowest BCUT2D eigenvalue weighted by Crippen LogP contribution is -2.70. The minimum atomic E-state index is -0.252. The summed E-state index contributed by atoms with van der Waals surface area (Å²) in [4.78, 5) is 29.9. The maximum atomic E-state index is 13.0.